The SMILES string of the molecule is COC1(CC(=O)NC(Cc2c[nH]c3ccccc23)C(=O)O)CCC1. The number of hydrogen-bond donors (Lipinski definition) is 3. The topological polar surface area (TPSA) is 91.4 Å². The number of aliphatic carboxylic acids is 1. The molecule has 1 aliphatic rings. The average Bonchev–Trinajstić information content (AvgIpc) is 2.93. The lowest BCUT2D eigenvalue weighted by Crippen LogP contribution is -2.48. The maximum absolute atomic E-state index is 12.3. The second-order valence-electron chi connectivity index (χ2n) is 6.44. The molecule has 128 valence electrons. The van der Waals surface area contributed by atoms with E-state index in [9.17, 15) is 14.7 Å². The fourth-order valence-electron chi connectivity index (χ4n) is 3.28. The number of rotatable bonds is 7. The molecule has 1 aromatic carbocycles. The lowest BCUT2D eigenvalue weighted by molar-refractivity contribution is -0.144. The van der Waals surface area contributed by atoms with Gasteiger partial charge in [0.05, 0.1) is 12.0 Å². The summed E-state index contributed by atoms with van der Waals surface area (Å²) >= 11 is 0. The molecule has 0 radical (unpaired) electrons. The van der Waals surface area contributed by atoms with Crippen molar-refractivity contribution in [1.82, 2.24) is 10.3 Å². The third kappa shape index (κ3) is 3.28. The number of amides is 1. The number of carboxylic acid groups (broad SMARTS) is 1. The molecule has 24 heavy (non-hydrogen) atoms. The van der Waals surface area contributed by atoms with Crippen molar-refractivity contribution in [3.63, 3.8) is 0 Å². The van der Waals surface area contributed by atoms with Gasteiger partial charge in [-0.25, -0.2) is 4.79 Å². The Morgan fingerprint density at radius 2 is 2.12 bits per heavy atom. The van der Waals surface area contributed by atoms with Gasteiger partial charge >= 0.3 is 5.97 Å². The number of para-hydroxylation sites is 1. The molecule has 0 aliphatic heterocycles. The summed E-state index contributed by atoms with van der Waals surface area (Å²) in [7, 11) is 1.60. The van der Waals surface area contributed by atoms with Crippen LogP contribution in [0.25, 0.3) is 10.9 Å². The van der Waals surface area contributed by atoms with Gasteiger partial charge in [-0.15, -0.1) is 0 Å². The van der Waals surface area contributed by atoms with Crippen molar-refractivity contribution in [2.75, 3.05) is 7.11 Å². The molecule has 6 heteroatoms. The number of carbonyl (C=O) groups is 2. The monoisotopic (exact) mass is 330 g/mol. The molecule has 1 fully saturated rings. The number of hydrogen-bond acceptors (Lipinski definition) is 3. The Kier molecular flexibility index (Phi) is 4.57. The Morgan fingerprint density at radius 3 is 2.75 bits per heavy atom. The van der Waals surface area contributed by atoms with Crippen LogP contribution in [0.2, 0.25) is 0 Å². The first-order valence-corrected chi connectivity index (χ1v) is 8.15. The van der Waals surface area contributed by atoms with Gasteiger partial charge in [-0.05, 0) is 30.9 Å². The average molecular weight is 330 g/mol. The second kappa shape index (κ2) is 6.65. The molecule has 1 heterocycles. The van der Waals surface area contributed by atoms with Crippen molar-refractivity contribution in [2.45, 2.75) is 43.7 Å². The van der Waals surface area contributed by atoms with Crippen LogP contribution in [0, 0.1) is 0 Å². The van der Waals surface area contributed by atoms with Gasteiger partial charge in [0.15, 0.2) is 0 Å². The van der Waals surface area contributed by atoms with Crippen LogP contribution >= 0.6 is 0 Å². The highest BCUT2D eigenvalue weighted by Gasteiger charge is 2.39. The molecule has 6 nitrogen and oxygen atoms in total. The molecule has 3 rings (SSSR count). The summed E-state index contributed by atoms with van der Waals surface area (Å²) in [6, 6.07) is 6.75. The lowest BCUT2D eigenvalue weighted by Gasteiger charge is -2.40. The number of aromatic nitrogens is 1. The van der Waals surface area contributed by atoms with Crippen molar-refractivity contribution in [3.8, 4) is 0 Å². The van der Waals surface area contributed by atoms with E-state index >= 15 is 0 Å². The number of nitrogens with one attached hydrogen (secondary N) is 2. The van der Waals surface area contributed by atoms with Gasteiger partial charge < -0.3 is 20.1 Å². The van der Waals surface area contributed by atoms with Crippen LogP contribution in [-0.4, -0.2) is 40.7 Å². The van der Waals surface area contributed by atoms with E-state index in [1.165, 1.54) is 0 Å². The quantitative estimate of drug-likeness (QED) is 0.726. The normalized spacial score (nSPS) is 17.2. The van der Waals surface area contributed by atoms with Crippen LogP contribution < -0.4 is 5.32 Å². The van der Waals surface area contributed by atoms with E-state index in [2.05, 4.69) is 10.3 Å². The first-order chi connectivity index (χ1) is 11.5. The number of carbonyl (C=O) groups excluding carboxylic acids is 1. The van der Waals surface area contributed by atoms with Crippen molar-refractivity contribution in [1.29, 1.82) is 0 Å². The molecule has 2 aromatic rings. The molecular weight excluding hydrogens is 308 g/mol. The maximum Gasteiger partial charge on any atom is 0.326 e. The summed E-state index contributed by atoms with van der Waals surface area (Å²) in [6.07, 6.45) is 4.98. The van der Waals surface area contributed by atoms with Crippen LogP contribution in [0.3, 0.4) is 0 Å². The Hall–Kier alpha value is -2.34. The zero-order valence-corrected chi connectivity index (χ0v) is 13.7. The minimum atomic E-state index is -1.03. The summed E-state index contributed by atoms with van der Waals surface area (Å²) in [5.41, 5.74) is 1.42. The van der Waals surface area contributed by atoms with Crippen molar-refractivity contribution < 1.29 is 19.4 Å². The molecule has 0 spiro atoms. The van der Waals surface area contributed by atoms with Gasteiger partial charge in [-0.3, -0.25) is 4.79 Å². The van der Waals surface area contributed by atoms with E-state index in [0.29, 0.717) is 0 Å². The summed E-state index contributed by atoms with van der Waals surface area (Å²) < 4.78 is 5.44. The van der Waals surface area contributed by atoms with E-state index in [0.717, 1.165) is 35.7 Å². The number of ether oxygens (including phenoxy) is 1. The predicted octanol–water partition coefficient (Wildman–Crippen LogP) is 2.24. The molecule has 1 saturated carbocycles. The van der Waals surface area contributed by atoms with Crippen LogP contribution in [0.4, 0.5) is 0 Å². The Morgan fingerprint density at radius 1 is 1.38 bits per heavy atom. The molecule has 0 saturated heterocycles. The molecule has 1 unspecified atom stereocenters. The Bertz CT molecular complexity index is 743. The third-order valence-corrected chi connectivity index (χ3v) is 4.91. The van der Waals surface area contributed by atoms with Crippen LogP contribution in [0.5, 0.6) is 0 Å². The van der Waals surface area contributed by atoms with Gasteiger partial charge in [0.1, 0.15) is 6.04 Å². The molecule has 1 amide bonds. The van der Waals surface area contributed by atoms with Gasteiger partial charge in [0, 0.05) is 30.6 Å². The molecule has 1 aromatic heterocycles. The van der Waals surface area contributed by atoms with Crippen molar-refractivity contribution in [3.05, 3.63) is 36.0 Å². The number of fused-ring (bicyclic) bond motifs is 1. The van der Waals surface area contributed by atoms with Crippen LogP contribution in [-0.2, 0) is 20.7 Å². The molecule has 1 aliphatic carbocycles. The second-order valence-corrected chi connectivity index (χ2v) is 6.44. The van der Waals surface area contributed by atoms with Gasteiger partial charge in [-0.1, -0.05) is 18.2 Å². The van der Waals surface area contributed by atoms with E-state index in [1.807, 2.05) is 24.3 Å². The zero-order valence-electron chi connectivity index (χ0n) is 13.7. The minimum Gasteiger partial charge on any atom is -0.480 e. The van der Waals surface area contributed by atoms with Crippen molar-refractivity contribution in [2.24, 2.45) is 0 Å². The standard InChI is InChI=1S/C18H22N2O4/c1-24-18(7-4-8-18)10-16(21)20-15(17(22)23)9-12-11-19-14-6-3-2-5-13(12)14/h2-3,5-6,11,15,19H,4,7-10H2,1H3,(H,20,21)(H,22,23). The third-order valence-electron chi connectivity index (χ3n) is 4.91. The van der Waals surface area contributed by atoms with Gasteiger partial charge in [0.25, 0.3) is 0 Å². The highest BCUT2D eigenvalue weighted by molar-refractivity contribution is 5.87. The Balaban J connectivity index is 1.69. The highest BCUT2D eigenvalue weighted by atomic mass is 16.5. The molecule has 1 atom stereocenters. The van der Waals surface area contributed by atoms with E-state index in [-0.39, 0.29) is 18.7 Å². The van der Waals surface area contributed by atoms with Crippen LogP contribution in [0.1, 0.15) is 31.2 Å². The first-order valence-electron chi connectivity index (χ1n) is 8.15. The van der Waals surface area contributed by atoms with Crippen molar-refractivity contribution >= 4 is 22.8 Å². The molecule has 3 N–H and O–H groups in total. The number of aromatic amines is 1. The number of benzene rings is 1. The number of methoxy groups -OCH3 is 1. The smallest absolute Gasteiger partial charge is 0.326 e. The minimum absolute atomic E-state index is 0.209. The van der Waals surface area contributed by atoms with E-state index < -0.39 is 17.6 Å². The largest absolute Gasteiger partial charge is 0.480 e. The van der Waals surface area contributed by atoms with Gasteiger partial charge in [0.2, 0.25) is 5.91 Å². The maximum atomic E-state index is 12.3. The van der Waals surface area contributed by atoms with E-state index in [4.69, 9.17) is 4.74 Å². The zero-order chi connectivity index (χ0) is 17.2. The van der Waals surface area contributed by atoms with E-state index in [1.54, 1.807) is 13.3 Å². The predicted molar refractivity (Wildman–Crippen MR) is 89.8 cm³/mol. The van der Waals surface area contributed by atoms with Gasteiger partial charge in [-0.2, -0.15) is 0 Å². The summed E-state index contributed by atoms with van der Waals surface area (Å²) in [4.78, 5) is 26.9. The first kappa shape index (κ1) is 16.5. The fourth-order valence-corrected chi connectivity index (χ4v) is 3.28. The Labute approximate surface area is 140 Å². The summed E-state index contributed by atoms with van der Waals surface area (Å²) in [5.74, 6) is -1.31. The lowest BCUT2D eigenvalue weighted by atomic mass is 9.77. The highest BCUT2D eigenvalue weighted by Crippen LogP contribution is 2.37. The van der Waals surface area contributed by atoms with Crippen LogP contribution in [0.15, 0.2) is 30.5 Å². The summed E-state index contributed by atoms with van der Waals surface area (Å²) in [6.45, 7) is 0. The number of carboxylic acids is 1. The molecule has 0 bridgehead atoms. The molecular formula is C18H22N2O4. The fraction of sp³-hybridized carbons (Fsp3) is 0.444. The summed E-state index contributed by atoms with van der Waals surface area (Å²) in [5, 5.41) is 13.1. The number of H-pyrrole nitrogens is 1.